The van der Waals surface area contributed by atoms with Gasteiger partial charge < -0.3 is 9.47 Å². The van der Waals surface area contributed by atoms with Crippen molar-refractivity contribution in [2.75, 3.05) is 19.9 Å². The van der Waals surface area contributed by atoms with Crippen LogP contribution in [0.15, 0.2) is 12.0 Å². The highest BCUT2D eigenvalue weighted by Crippen LogP contribution is 2.26. The lowest BCUT2D eigenvalue weighted by Crippen LogP contribution is -2.31. The quantitative estimate of drug-likeness (QED) is 0.642. The Morgan fingerprint density at radius 1 is 1.62 bits per heavy atom. The van der Waals surface area contributed by atoms with E-state index in [-0.39, 0.29) is 17.3 Å². The second-order valence-corrected chi connectivity index (χ2v) is 2.44. The topological polar surface area (TPSA) is 21.7 Å². The van der Waals surface area contributed by atoms with Crippen LogP contribution in [0.2, 0.25) is 0 Å². The summed E-state index contributed by atoms with van der Waals surface area (Å²) in [6.07, 6.45) is -3.45. The molecule has 0 N–H and O–H groups in total. The third kappa shape index (κ3) is 2.80. The van der Waals surface area contributed by atoms with Crippen molar-refractivity contribution in [2.24, 2.45) is 0 Å². The number of hydrogen-bond acceptors (Lipinski definition) is 3. The predicted molar refractivity (Wildman–Crippen MR) is 38.4 cm³/mol. The Bertz CT molecular complexity index is 202. The van der Waals surface area contributed by atoms with E-state index < -0.39 is 13.0 Å². The van der Waals surface area contributed by atoms with Gasteiger partial charge in [-0.2, -0.15) is 0 Å². The van der Waals surface area contributed by atoms with Gasteiger partial charge in [-0.15, -0.1) is 13.2 Å². The summed E-state index contributed by atoms with van der Waals surface area (Å²) in [5.74, 6) is 0.208. The fourth-order valence-corrected chi connectivity index (χ4v) is 0.829. The van der Waals surface area contributed by atoms with Crippen molar-refractivity contribution >= 4 is 0 Å². The minimum Gasteiger partial charge on any atom is -0.473 e. The number of hydrogen-bond donors (Lipinski definition) is 0. The Balaban J connectivity index is 2.44. The minimum absolute atomic E-state index is 0.0864. The maximum absolute atomic E-state index is 12.0. The van der Waals surface area contributed by atoms with Crippen molar-refractivity contribution in [3.05, 3.63) is 12.0 Å². The molecule has 76 valence electrons. The summed E-state index contributed by atoms with van der Waals surface area (Å²) in [6, 6.07) is 0. The molecule has 6 heteroatoms. The van der Waals surface area contributed by atoms with Crippen LogP contribution in [0.1, 0.15) is 6.92 Å². The smallest absolute Gasteiger partial charge is 0.473 e. The molecule has 3 nitrogen and oxygen atoms in total. The molecule has 0 unspecified atom stereocenters. The Labute approximate surface area is 73.7 Å². The van der Waals surface area contributed by atoms with E-state index in [0.717, 1.165) is 6.20 Å². The van der Waals surface area contributed by atoms with Crippen molar-refractivity contribution in [3.8, 4) is 0 Å². The molecule has 0 bridgehead atoms. The van der Waals surface area contributed by atoms with Gasteiger partial charge in [-0.05, 0) is 6.92 Å². The normalized spacial score (nSPS) is 17.2. The number of nitrogens with zero attached hydrogens (tertiary/aromatic N) is 1. The van der Waals surface area contributed by atoms with Gasteiger partial charge in [0, 0.05) is 6.61 Å². The van der Waals surface area contributed by atoms with Crippen LogP contribution < -0.4 is 0 Å². The molecule has 0 saturated heterocycles. The van der Waals surface area contributed by atoms with E-state index in [9.17, 15) is 13.2 Å². The molecule has 1 rings (SSSR count). The summed E-state index contributed by atoms with van der Waals surface area (Å²) >= 11 is 0. The summed E-state index contributed by atoms with van der Waals surface area (Å²) in [7, 11) is 0. The van der Waals surface area contributed by atoms with Gasteiger partial charge in [-0.1, -0.05) is 0 Å². The van der Waals surface area contributed by atoms with Crippen LogP contribution >= 0.6 is 0 Å². The zero-order chi connectivity index (χ0) is 9.90. The minimum atomic E-state index is -4.37. The second-order valence-electron chi connectivity index (χ2n) is 2.44. The molecule has 0 aromatic carbocycles. The summed E-state index contributed by atoms with van der Waals surface area (Å²) in [5.41, 5.74) is 0. The summed E-state index contributed by atoms with van der Waals surface area (Å²) in [6.45, 7) is 1.82. The molecule has 0 atom stereocenters. The maximum atomic E-state index is 12.0. The third-order valence-electron chi connectivity index (χ3n) is 1.46. The number of alkyl halides is 3. The van der Waals surface area contributed by atoms with Crippen LogP contribution in [0.4, 0.5) is 13.2 Å². The van der Waals surface area contributed by atoms with Gasteiger partial charge in [-0.3, -0.25) is 4.90 Å². The van der Waals surface area contributed by atoms with Crippen molar-refractivity contribution in [2.45, 2.75) is 13.2 Å². The van der Waals surface area contributed by atoms with E-state index >= 15 is 0 Å². The molecule has 1 heterocycles. The second kappa shape index (κ2) is 3.87. The fourth-order valence-electron chi connectivity index (χ4n) is 0.829. The van der Waals surface area contributed by atoms with Crippen molar-refractivity contribution in [1.82, 2.24) is 4.90 Å². The molecule has 0 aliphatic carbocycles. The van der Waals surface area contributed by atoms with Gasteiger partial charge in [0.05, 0.1) is 6.20 Å². The van der Waals surface area contributed by atoms with Gasteiger partial charge in [0.2, 0.25) is 0 Å². The summed E-state index contributed by atoms with van der Waals surface area (Å²) < 4.78 is 45.7. The van der Waals surface area contributed by atoms with E-state index in [1.54, 1.807) is 6.92 Å². The van der Waals surface area contributed by atoms with E-state index in [0.29, 0.717) is 6.61 Å². The highest BCUT2D eigenvalue weighted by Gasteiger charge is 2.38. The average Bonchev–Trinajstić information content (AvgIpc) is 2.47. The van der Waals surface area contributed by atoms with Crippen molar-refractivity contribution in [3.63, 3.8) is 0 Å². The zero-order valence-corrected chi connectivity index (χ0v) is 7.10. The molecule has 0 aromatic heterocycles. The number of halogens is 3. The van der Waals surface area contributed by atoms with Crippen LogP contribution in [0.25, 0.3) is 0 Å². The van der Waals surface area contributed by atoms with Crippen LogP contribution in [0.5, 0.6) is 0 Å². The van der Waals surface area contributed by atoms with Gasteiger partial charge in [0.15, 0.2) is 6.73 Å². The highest BCUT2D eigenvalue weighted by atomic mass is 19.4. The van der Waals surface area contributed by atoms with Crippen LogP contribution in [-0.2, 0) is 9.47 Å². The molecular formula is C7H10F3NO2. The number of ether oxygens (including phenoxy) is 2. The largest absolute Gasteiger partial charge is 0.487 e. The summed E-state index contributed by atoms with van der Waals surface area (Å²) in [5, 5.41) is 0. The first kappa shape index (κ1) is 10.2. The first-order chi connectivity index (χ1) is 6.04. The van der Waals surface area contributed by atoms with Crippen molar-refractivity contribution < 1.29 is 22.6 Å². The molecule has 1 aliphatic rings. The van der Waals surface area contributed by atoms with E-state index in [1.165, 1.54) is 0 Å². The van der Waals surface area contributed by atoms with Gasteiger partial charge >= 0.3 is 6.30 Å². The molecule has 0 aromatic rings. The lowest BCUT2D eigenvalue weighted by Gasteiger charge is -2.16. The third-order valence-corrected chi connectivity index (χ3v) is 1.46. The molecular weight excluding hydrogens is 187 g/mol. The molecule has 0 fully saturated rings. The standard InChI is InChI=1S/C7H10F3NO2/c1-2-12-4-6-3-11(5-13-6)7(8,9)10/h3H,2,4-5H2,1H3. The van der Waals surface area contributed by atoms with E-state index in [2.05, 4.69) is 0 Å². The summed E-state index contributed by atoms with van der Waals surface area (Å²) in [4.78, 5) is 0.168. The van der Waals surface area contributed by atoms with Gasteiger partial charge in [0.1, 0.15) is 12.4 Å². The first-order valence-electron chi connectivity index (χ1n) is 3.78. The Morgan fingerprint density at radius 2 is 2.31 bits per heavy atom. The van der Waals surface area contributed by atoms with Crippen LogP contribution in [0, 0.1) is 0 Å². The van der Waals surface area contributed by atoms with Crippen LogP contribution in [0.3, 0.4) is 0 Å². The first-order valence-corrected chi connectivity index (χ1v) is 3.78. The Kier molecular flexibility index (Phi) is 3.02. The van der Waals surface area contributed by atoms with Crippen molar-refractivity contribution in [1.29, 1.82) is 0 Å². The average molecular weight is 197 g/mol. The molecule has 0 saturated carbocycles. The maximum Gasteiger partial charge on any atom is 0.487 e. The molecule has 1 aliphatic heterocycles. The van der Waals surface area contributed by atoms with Gasteiger partial charge in [0.25, 0.3) is 0 Å². The fraction of sp³-hybridized carbons (Fsp3) is 0.714. The molecule has 0 spiro atoms. The van der Waals surface area contributed by atoms with Crippen LogP contribution in [-0.4, -0.2) is 31.1 Å². The van der Waals surface area contributed by atoms with E-state index in [1.807, 2.05) is 0 Å². The molecule has 0 radical (unpaired) electrons. The monoisotopic (exact) mass is 197 g/mol. The molecule has 13 heavy (non-hydrogen) atoms. The Morgan fingerprint density at radius 3 is 2.77 bits per heavy atom. The lowest BCUT2D eigenvalue weighted by atomic mass is 10.5. The lowest BCUT2D eigenvalue weighted by molar-refractivity contribution is -0.236. The Hall–Kier alpha value is -0.910. The van der Waals surface area contributed by atoms with E-state index in [4.69, 9.17) is 9.47 Å². The molecule has 0 amide bonds. The highest BCUT2D eigenvalue weighted by molar-refractivity contribution is 4.98. The zero-order valence-electron chi connectivity index (χ0n) is 7.10. The number of rotatable bonds is 3. The SMILES string of the molecule is CCOCC1=CN(C(F)(F)F)CO1. The predicted octanol–water partition coefficient (Wildman–Crippen LogP) is 1.67. The van der Waals surface area contributed by atoms with Gasteiger partial charge in [-0.25, -0.2) is 0 Å².